The third kappa shape index (κ3) is 3.92. The predicted octanol–water partition coefficient (Wildman–Crippen LogP) is 6.13. The van der Waals surface area contributed by atoms with Crippen LogP contribution in [0.1, 0.15) is 34.1 Å². The van der Waals surface area contributed by atoms with Gasteiger partial charge in [-0.1, -0.05) is 54.3 Å². The van der Waals surface area contributed by atoms with Gasteiger partial charge in [0.2, 0.25) is 0 Å². The van der Waals surface area contributed by atoms with E-state index < -0.39 is 6.10 Å². The van der Waals surface area contributed by atoms with Gasteiger partial charge >= 0.3 is 0 Å². The molecule has 172 valence electrons. The molecule has 0 bridgehead atoms. The molecular formula is C26H23N3O3S2. The van der Waals surface area contributed by atoms with Gasteiger partial charge in [-0.15, -0.1) is 11.3 Å². The maximum Gasteiger partial charge on any atom is 0.192 e. The van der Waals surface area contributed by atoms with Crippen molar-refractivity contribution in [2.24, 2.45) is 0 Å². The molecule has 4 heterocycles. The second-order valence-electron chi connectivity index (χ2n) is 8.37. The molecule has 0 radical (unpaired) electrons. The Morgan fingerprint density at radius 3 is 2.82 bits per heavy atom. The predicted molar refractivity (Wildman–Crippen MR) is 138 cm³/mol. The third-order valence-corrected chi connectivity index (χ3v) is 8.34. The van der Waals surface area contributed by atoms with Gasteiger partial charge in [-0.25, -0.2) is 9.97 Å². The quantitative estimate of drug-likeness (QED) is 0.320. The summed E-state index contributed by atoms with van der Waals surface area (Å²) in [4.78, 5) is 13.3. The smallest absolute Gasteiger partial charge is 0.192 e. The summed E-state index contributed by atoms with van der Waals surface area (Å²) in [5.41, 5.74) is 4.17. The molecular weight excluding hydrogens is 466 g/mol. The fourth-order valence-corrected chi connectivity index (χ4v) is 6.55. The van der Waals surface area contributed by atoms with Crippen molar-refractivity contribution in [2.75, 3.05) is 24.6 Å². The van der Waals surface area contributed by atoms with Crippen molar-refractivity contribution in [1.29, 1.82) is 0 Å². The van der Waals surface area contributed by atoms with Crippen LogP contribution in [0, 0.1) is 6.92 Å². The van der Waals surface area contributed by atoms with Gasteiger partial charge in [0.25, 0.3) is 0 Å². The lowest BCUT2D eigenvalue weighted by molar-refractivity contribution is 0.0398. The zero-order chi connectivity index (χ0) is 23.2. The van der Waals surface area contributed by atoms with E-state index in [4.69, 9.17) is 14.1 Å². The van der Waals surface area contributed by atoms with E-state index in [-0.39, 0.29) is 6.10 Å². The highest BCUT2D eigenvalue weighted by Gasteiger charge is 2.25. The van der Waals surface area contributed by atoms with Crippen molar-refractivity contribution in [2.45, 2.75) is 19.1 Å². The molecule has 6 rings (SSSR count). The molecule has 0 aliphatic carbocycles. The highest BCUT2D eigenvalue weighted by atomic mass is 32.1. The number of hydrogen-bond acceptors (Lipinski definition) is 8. The number of aliphatic hydroxyl groups excluding tert-OH is 1. The van der Waals surface area contributed by atoms with Crippen molar-refractivity contribution in [3.05, 3.63) is 83.1 Å². The molecule has 2 unspecified atom stereocenters. The minimum atomic E-state index is -0.800. The highest BCUT2D eigenvalue weighted by Crippen LogP contribution is 2.41. The molecule has 2 aromatic carbocycles. The Morgan fingerprint density at radius 2 is 2.00 bits per heavy atom. The van der Waals surface area contributed by atoms with Crippen molar-refractivity contribution in [3.63, 3.8) is 0 Å². The molecule has 1 saturated heterocycles. The van der Waals surface area contributed by atoms with Gasteiger partial charge in [0, 0.05) is 18.3 Å². The molecule has 3 aromatic heterocycles. The lowest BCUT2D eigenvalue weighted by atomic mass is 10.0. The molecule has 0 saturated carbocycles. The zero-order valence-electron chi connectivity index (χ0n) is 18.6. The second kappa shape index (κ2) is 8.63. The number of aryl methyl sites for hydroxylation is 1. The first kappa shape index (κ1) is 21.5. The molecule has 1 aliphatic rings. The molecule has 1 aliphatic heterocycles. The van der Waals surface area contributed by atoms with Crippen molar-refractivity contribution in [1.82, 2.24) is 9.97 Å². The van der Waals surface area contributed by atoms with Gasteiger partial charge in [-0.05, 0) is 34.9 Å². The van der Waals surface area contributed by atoms with Crippen LogP contribution < -0.4 is 4.90 Å². The fourth-order valence-electron chi connectivity index (χ4n) is 4.28. The zero-order valence-corrected chi connectivity index (χ0v) is 20.2. The summed E-state index contributed by atoms with van der Waals surface area (Å²) in [7, 11) is 0. The number of thiophene rings is 1. The summed E-state index contributed by atoms with van der Waals surface area (Å²) in [5.74, 6) is 0.619. The number of aliphatic hydroxyl groups is 1. The summed E-state index contributed by atoms with van der Waals surface area (Å²) in [6.45, 7) is 8.25. The Balaban J connectivity index is 1.21. The second-order valence-corrected chi connectivity index (χ2v) is 10.4. The lowest BCUT2D eigenvalue weighted by Gasteiger charge is -2.32. The number of benzene rings is 2. The van der Waals surface area contributed by atoms with Crippen LogP contribution in [0.25, 0.3) is 26.2 Å². The first-order chi connectivity index (χ1) is 16.5. The normalized spacial score (nSPS) is 17.5. The van der Waals surface area contributed by atoms with E-state index in [9.17, 15) is 5.11 Å². The third-order valence-electron chi connectivity index (χ3n) is 6.07. The Bertz CT molecular complexity index is 1460. The van der Waals surface area contributed by atoms with Crippen LogP contribution in [0.3, 0.4) is 0 Å². The molecule has 1 fully saturated rings. The monoisotopic (exact) mass is 489 g/mol. The average Bonchev–Trinajstić information content (AvgIpc) is 3.55. The van der Waals surface area contributed by atoms with Crippen LogP contribution in [-0.2, 0) is 4.74 Å². The molecule has 34 heavy (non-hydrogen) atoms. The van der Waals surface area contributed by atoms with Gasteiger partial charge < -0.3 is 19.2 Å². The van der Waals surface area contributed by atoms with E-state index in [0.717, 1.165) is 49.3 Å². The van der Waals surface area contributed by atoms with Gasteiger partial charge in [-0.2, -0.15) is 0 Å². The number of ether oxygens (including phenoxy) is 1. The van der Waals surface area contributed by atoms with Crippen LogP contribution in [-0.4, -0.2) is 34.8 Å². The molecule has 1 N–H and O–H groups in total. The summed E-state index contributed by atoms with van der Waals surface area (Å²) < 4.78 is 12.6. The van der Waals surface area contributed by atoms with Crippen LogP contribution >= 0.6 is 22.7 Å². The largest absolute Gasteiger partial charge is 0.441 e. The maximum absolute atomic E-state index is 11.0. The number of oxazole rings is 1. The van der Waals surface area contributed by atoms with Crippen molar-refractivity contribution >= 4 is 54.0 Å². The first-order valence-corrected chi connectivity index (χ1v) is 12.7. The number of hydrogen-bond donors (Lipinski definition) is 1. The molecule has 0 spiro atoms. The molecule has 8 heteroatoms. The van der Waals surface area contributed by atoms with Gasteiger partial charge in [0.1, 0.15) is 22.6 Å². The van der Waals surface area contributed by atoms with Crippen LogP contribution in [0.15, 0.2) is 65.6 Å². The summed E-state index contributed by atoms with van der Waals surface area (Å²) >= 11 is 3.17. The summed E-state index contributed by atoms with van der Waals surface area (Å²) in [5, 5.41) is 12.0. The van der Waals surface area contributed by atoms with Gasteiger partial charge in [0.15, 0.2) is 16.6 Å². The molecule has 5 aromatic rings. The SMILES string of the molecule is C=C(c1ccc2oc(C)nc2c1)C(O)c1cc2sc(N3CCOC(c4ccccc4)C3)nc2s1. The number of morpholine rings is 1. The van der Waals surface area contributed by atoms with Crippen molar-refractivity contribution in [3.8, 4) is 0 Å². The Morgan fingerprint density at radius 1 is 1.15 bits per heavy atom. The minimum absolute atomic E-state index is 0.0448. The number of aromatic nitrogens is 2. The maximum atomic E-state index is 11.0. The molecule has 0 amide bonds. The fraction of sp³-hybridized carbons (Fsp3) is 0.231. The van der Waals surface area contributed by atoms with E-state index in [1.54, 1.807) is 11.3 Å². The summed E-state index contributed by atoms with van der Waals surface area (Å²) in [6, 6.07) is 18.0. The Labute approximate surface area is 204 Å². The van der Waals surface area contributed by atoms with Crippen LogP contribution in [0.4, 0.5) is 5.13 Å². The topological polar surface area (TPSA) is 71.6 Å². The highest BCUT2D eigenvalue weighted by molar-refractivity contribution is 7.29. The number of anilines is 1. The van der Waals surface area contributed by atoms with E-state index in [1.165, 1.54) is 16.9 Å². The number of fused-ring (bicyclic) bond motifs is 2. The van der Waals surface area contributed by atoms with Crippen LogP contribution in [0.2, 0.25) is 0 Å². The van der Waals surface area contributed by atoms with Crippen molar-refractivity contribution < 1.29 is 14.3 Å². The van der Waals surface area contributed by atoms with E-state index in [2.05, 4.69) is 28.6 Å². The van der Waals surface area contributed by atoms with Gasteiger partial charge in [0.05, 0.1) is 17.9 Å². The minimum Gasteiger partial charge on any atom is -0.441 e. The Hall–Kier alpha value is -3.04. The molecule has 6 nitrogen and oxygen atoms in total. The lowest BCUT2D eigenvalue weighted by Crippen LogP contribution is -2.38. The number of thiazole rings is 1. The van der Waals surface area contributed by atoms with E-state index in [1.807, 2.05) is 49.4 Å². The number of rotatable bonds is 5. The van der Waals surface area contributed by atoms with Gasteiger partial charge in [-0.3, -0.25) is 0 Å². The standard InChI is InChI=1S/C26H23N3O3S2/c1-15(18-8-9-20-19(12-18)27-16(2)32-20)24(30)22-13-23-25(33-22)28-26(34-23)29-10-11-31-21(14-29)17-6-4-3-5-7-17/h3-9,12-13,21,24,30H,1,10-11,14H2,2H3. The Kier molecular flexibility index (Phi) is 5.45. The van der Waals surface area contributed by atoms with E-state index in [0.29, 0.717) is 18.1 Å². The van der Waals surface area contributed by atoms with E-state index >= 15 is 0 Å². The average molecular weight is 490 g/mol. The first-order valence-electron chi connectivity index (χ1n) is 11.1. The van der Waals surface area contributed by atoms with Crippen LogP contribution in [0.5, 0.6) is 0 Å². The number of nitrogens with zero attached hydrogens (tertiary/aromatic N) is 3. The summed E-state index contributed by atoms with van der Waals surface area (Å²) in [6.07, 6.45) is -0.755. The molecule has 2 atom stereocenters.